The minimum atomic E-state index is -0.452. The molecule has 2 atom stereocenters. The Morgan fingerprint density at radius 1 is 1.43 bits per heavy atom. The van der Waals surface area contributed by atoms with Crippen LogP contribution in [0.4, 0.5) is 4.79 Å². The molecule has 21 heavy (non-hydrogen) atoms. The van der Waals surface area contributed by atoms with Crippen molar-refractivity contribution in [3.05, 3.63) is 0 Å². The number of likely N-dealkylation sites (tertiary alicyclic amines) is 1. The van der Waals surface area contributed by atoms with E-state index in [0.717, 1.165) is 38.9 Å². The van der Waals surface area contributed by atoms with Crippen molar-refractivity contribution in [3.8, 4) is 0 Å². The van der Waals surface area contributed by atoms with E-state index in [1.807, 2.05) is 20.8 Å². The van der Waals surface area contributed by atoms with Gasteiger partial charge in [-0.1, -0.05) is 0 Å². The quantitative estimate of drug-likeness (QED) is 0.739. The average Bonchev–Trinajstić information content (AvgIpc) is 2.37. The summed E-state index contributed by atoms with van der Waals surface area (Å²) in [5, 5.41) is 11.8. The third kappa shape index (κ3) is 7.67. The molecule has 5 heteroatoms. The smallest absolute Gasteiger partial charge is 0.407 e. The molecule has 1 rings (SSSR count). The van der Waals surface area contributed by atoms with Gasteiger partial charge in [0.25, 0.3) is 0 Å². The van der Waals surface area contributed by atoms with Crippen molar-refractivity contribution < 1.29 is 14.6 Å². The van der Waals surface area contributed by atoms with Gasteiger partial charge >= 0.3 is 6.09 Å². The molecule has 1 aliphatic rings. The fourth-order valence-electron chi connectivity index (χ4n) is 2.76. The first-order valence-electron chi connectivity index (χ1n) is 8.14. The van der Waals surface area contributed by atoms with Crippen molar-refractivity contribution in [3.63, 3.8) is 0 Å². The van der Waals surface area contributed by atoms with Crippen LogP contribution in [0.15, 0.2) is 0 Å². The molecule has 2 unspecified atom stereocenters. The molecule has 1 aliphatic heterocycles. The van der Waals surface area contributed by atoms with Crippen molar-refractivity contribution in [2.45, 2.75) is 65.0 Å². The molecule has 1 amide bonds. The van der Waals surface area contributed by atoms with Crippen LogP contribution in [0.3, 0.4) is 0 Å². The van der Waals surface area contributed by atoms with E-state index in [4.69, 9.17) is 9.84 Å². The standard InChI is InChI=1S/C16H32N2O3/c1-13(17-15(20)21-16(2,3)4)14-8-7-10-18(12-14)9-5-6-11-19/h13-14,19H,5-12H2,1-4H3,(H,17,20). The van der Waals surface area contributed by atoms with Gasteiger partial charge in [0.1, 0.15) is 5.60 Å². The molecule has 1 fully saturated rings. The molecule has 0 radical (unpaired) electrons. The van der Waals surface area contributed by atoms with Gasteiger partial charge in [0, 0.05) is 19.2 Å². The van der Waals surface area contributed by atoms with Crippen LogP contribution in [0.25, 0.3) is 0 Å². The second-order valence-electron chi connectivity index (χ2n) is 7.07. The van der Waals surface area contributed by atoms with Gasteiger partial charge in [-0.25, -0.2) is 4.79 Å². The highest BCUT2D eigenvalue weighted by Crippen LogP contribution is 2.20. The summed E-state index contributed by atoms with van der Waals surface area (Å²) in [5.74, 6) is 0.473. The third-order valence-corrected chi connectivity index (χ3v) is 3.88. The summed E-state index contributed by atoms with van der Waals surface area (Å²) in [6.07, 6.45) is 3.90. The van der Waals surface area contributed by atoms with Crippen LogP contribution in [-0.2, 0) is 4.74 Å². The Morgan fingerprint density at radius 3 is 2.76 bits per heavy atom. The number of aliphatic hydroxyl groups excluding tert-OH is 1. The predicted octanol–water partition coefficient (Wildman–Crippen LogP) is 2.38. The largest absolute Gasteiger partial charge is 0.444 e. The fourth-order valence-corrected chi connectivity index (χ4v) is 2.76. The van der Waals surface area contributed by atoms with Crippen molar-refractivity contribution in [1.29, 1.82) is 0 Å². The molecule has 0 aliphatic carbocycles. The summed E-state index contributed by atoms with van der Waals surface area (Å²) < 4.78 is 5.31. The van der Waals surface area contributed by atoms with Crippen LogP contribution in [0, 0.1) is 5.92 Å². The van der Waals surface area contributed by atoms with Gasteiger partial charge in [-0.2, -0.15) is 0 Å². The zero-order valence-corrected chi connectivity index (χ0v) is 14.0. The Balaban J connectivity index is 2.35. The van der Waals surface area contributed by atoms with E-state index < -0.39 is 5.60 Å². The summed E-state index contributed by atoms with van der Waals surface area (Å²) in [6.45, 7) is 11.1. The van der Waals surface area contributed by atoms with E-state index in [1.165, 1.54) is 6.42 Å². The summed E-state index contributed by atoms with van der Waals surface area (Å²) in [7, 11) is 0. The van der Waals surface area contributed by atoms with Crippen molar-refractivity contribution >= 4 is 6.09 Å². The minimum Gasteiger partial charge on any atom is -0.444 e. The molecule has 2 N–H and O–H groups in total. The van der Waals surface area contributed by atoms with E-state index in [2.05, 4.69) is 17.1 Å². The SMILES string of the molecule is CC(NC(=O)OC(C)(C)C)C1CCCN(CCCCO)C1. The van der Waals surface area contributed by atoms with E-state index in [1.54, 1.807) is 0 Å². The van der Waals surface area contributed by atoms with E-state index in [0.29, 0.717) is 5.92 Å². The maximum atomic E-state index is 11.8. The number of nitrogens with one attached hydrogen (secondary N) is 1. The molecule has 1 heterocycles. The number of amides is 1. The highest BCUT2D eigenvalue weighted by atomic mass is 16.6. The number of ether oxygens (including phenoxy) is 1. The number of carbonyl (C=O) groups is 1. The van der Waals surface area contributed by atoms with Gasteiger partial charge in [0.2, 0.25) is 0 Å². The van der Waals surface area contributed by atoms with E-state index >= 15 is 0 Å². The van der Waals surface area contributed by atoms with E-state index in [-0.39, 0.29) is 18.7 Å². The molecule has 0 aromatic rings. The second-order valence-corrected chi connectivity index (χ2v) is 7.07. The number of piperidine rings is 1. The number of alkyl carbamates (subject to hydrolysis) is 1. The number of aliphatic hydroxyl groups is 1. The summed E-state index contributed by atoms with van der Waals surface area (Å²) in [4.78, 5) is 14.3. The van der Waals surface area contributed by atoms with Crippen LogP contribution in [-0.4, -0.2) is 54.0 Å². The second kappa shape index (κ2) is 8.59. The first kappa shape index (κ1) is 18.2. The van der Waals surface area contributed by atoms with Gasteiger partial charge in [-0.3, -0.25) is 0 Å². The number of hydrogen-bond acceptors (Lipinski definition) is 4. The number of hydrogen-bond donors (Lipinski definition) is 2. The molecule has 0 aromatic carbocycles. The molecule has 0 saturated carbocycles. The first-order valence-corrected chi connectivity index (χ1v) is 8.14. The highest BCUT2D eigenvalue weighted by molar-refractivity contribution is 5.68. The molecule has 0 aromatic heterocycles. The average molecular weight is 300 g/mol. The molecular formula is C16H32N2O3. The lowest BCUT2D eigenvalue weighted by Crippen LogP contribution is -2.47. The van der Waals surface area contributed by atoms with Gasteiger partial charge in [-0.05, 0) is 72.4 Å². The zero-order valence-electron chi connectivity index (χ0n) is 14.0. The van der Waals surface area contributed by atoms with Gasteiger partial charge in [0.05, 0.1) is 0 Å². The van der Waals surface area contributed by atoms with Crippen LogP contribution in [0.1, 0.15) is 53.4 Å². The molecular weight excluding hydrogens is 268 g/mol. The maximum absolute atomic E-state index is 11.8. The minimum absolute atomic E-state index is 0.125. The van der Waals surface area contributed by atoms with Gasteiger partial charge in [-0.15, -0.1) is 0 Å². The fraction of sp³-hybridized carbons (Fsp3) is 0.938. The van der Waals surface area contributed by atoms with Gasteiger partial charge in [0.15, 0.2) is 0 Å². The van der Waals surface area contributed by atoms with Crippen LogP contribution >= 0.6 is 0 Å². The maximum Gasteiger partial charge on any atom is 0.407 e. The topological polar surface area (TPSA) is 61.8 Å². The van der Waals surface area contributed by atoms with Crippen LogP contribution in [0.5, 0.6) is 0 Å². The molecule has 0 bridgehead atoms. The number of unbranched alkanes of at least 4 members (excludes halogenated alkanes) is 1. The van der Waals surface area contributed by atoms with Crippen LogP contribution < -0.4 is 5.32 Å². The lowest BCUT2D eigenvalue weighted by atomic mass is 9.91. The normalized spacial score (nSPS) is 21.9. The number of rotatable bonds is 6. The summed E-state index contributed by atoms with van der Waals surface area (Å²) in [5.41, 5.74) is -0.452. The lowest BCUT2D eigenvalue weighted by molar-refractivity contribution is 0.0467. The van der Waals surface area contributed by atoms with E-state index in [9.17, 15) is 4.79 Å². The predicted molar refractivity (Wildman–Crippen MR) is 84.3 cm³/mol. The molecule has 0 spiro atoms. The molecule has 124 valence electrons. The Bertz CT molecular complexity index is 315. The highest BCUT2D eigenvalue weighted by Gasteiger charge is 2.26. The third-order valence-electron chi connectivity index (χ3n) is 3.88. The number of nitrogens with zero attached hydrogens (tertiary/aromatic N) is 1. The van der Waals surface area contributed by atoms with Crippen molar-refractivity contribution in [2.75, 3.05) is 26.2 Å². The molecule has 5 nitrogen and oxygen atoms in total. The summed E-state index contributed by atoms with van der Waals surface area (Å²) in [6, 6.07) is 0.125. The monoisotopic (exact) mass is 300 g/mol. The Kier molecular flexibility index (Phi) is 7.46. The number of carbonyl (C=O) groups excluding carboxylic acids is 1. The van der Waals surface area contributed by atoms with Crippen molar-refractivity contribution in [1.82, 2.24) is 10.2 Å². The van der Waals surface area contributed by atoms with Crippen LogP contribution in [0.2, 0.25) is 0 Å². The molecule has 1 saturated heterocycles. The Morgan fingerprint density at radius 2 is 2.14 bits per heavy atom. The Hall–Kier alpha value is -0.810. The first-order chi connectivity index (χ1) is 9.81. The van der Waals surface area contributed by atoms with Gasteiger partial charge < -0.3 is 20.1 Å². The van der Waals surface area contributed by atoms with Crippen molar-refractivity contribution in [2.24, 2.45) is 5.92 Å². The summed E-state index contributed by atoms with van der Waals surface area (Å²) >= 11 is 0. The zero-order chi connectivity index (χ0) is 15.9. The Labute approximate surface area is 129 Å². The lowest BCUT2D eigenvalue weighted by Gasteiger charge is -2.36.